The van der Waals surface area contributed by atoms with Crippen LogP contribution >= 0.6 is 0 Å². The highest BCUT2D eigenvalue weighted by molar-refractivity contribution is 5.66. The van der Waals surface area contributed by atoms with E-state index < -0.39 is 11.7 Å². The number of halogens is 3. The van der Waals surface area contributed by atoms with Gasteiger partial charge in [-0.3, -0.25) is 0 Å². The van der Waals surface area contributed by atoms with E-state index in [9.17, 15) is 13.2 Å². The van der Waals surface area contributed by atoms with E-state index in [2.05, 4.69) is 19.9 Å². The number of aromatic nitrogens is 4. The van der Waals surface area contributed by atoms with Crippen LogP contribution in [-0.4, -0.2) is 27.0 Å². The SMILES string of the molecule is COc1nc2nc(C)[nH]c2nc1Cc1cc(C(F)(F)F)ccc1C. The lowest BCUT2D eigenvalue weighted by Crippen LogP contribution is -2.07. The van der Waals surface area contributed by atoms with Gasteiger partial charge in [-0.2, -0.15) is 18.2 Å². The van der Waals surface area contributed by atoms with Crippen molar-refractivity contribution in [2.45, 2.75) is 26.4 Å². The highest BCUT2D eigenvalue weighted by Gasteiger charge is 2.30. The van der Waals surface area contributed by atoms with Gasteiger partial charge < -0.3 is 9.72 Å². The molecule has 0 spiro atoms. The molecule has 0 bridgehead atoms. The number of alkyl halides is 3. The largest absolute Gasteiger partial charge is 0.480 e. The van der Waals surface area contributed by atoms with Gasteiger partial charge in [0.15, 0.2) is 5.65 Å². The van der Waals surface area contributed by atoms with Gasteiger partial charge in [-0.05, 0) is 37.1 Å². The second-order valence-corrected chi connectivity index (χ2v) is 5.49. The fourth-order valence-corrected chi connectivity index (χ4v) is 2.46. The number of aryl methyl sites for hydroxylation is 2. The van der Waals surface area contributed by atoms with Crippen molar-refractivity contribution in [2.75, 3.05) is 7.11 Å². The van der Waals surface area contributed by atoms with Gasteiger partial charge >= 0.3 is 6.18 Å². The smallest absolute Gasteiger partial charge is 0.416 e. The third kappa shape index (κ3) is 3.04. The lowest BCUT2D eigenvalue weighted by atomic mass is 10.0. The Labute approximate surface area is 135 Å². The van der Waals surface area contributed by atoms with Gasteiger partial charge in [0.2, 0.25) is 11.5 Å². The van der Waals surface area contributed by atoms with Crippen LogP contribution < -0.4 is 4.74 Å². The summed E-state index contributed by atoms with van der Waals surface area (Å²) in [6.45, 7) is 3.53. The van der Waals surface area contributed by atoms with Crippen molar-refractivity contribution in [3.8, 4) is 5.88 Å². The van der Waals surface area contributed by atoms with E-state index in [1.54, 1.807) is 13.8 Å². The number of fused-ring (bicyclic) bond motifs is 1. The first-order valence-electron chi connectivity index (χ1n) is 7.22. The average Bonchev–Trinajstić information content (AvgIpc) is 2.86. The second-order valence-electron chi connectivity index (χ2n) is 5.49. The Kier molecular flexibility index (Phi) is 3.90. The number of aromatic amines is 1. The summed E-state index contributed by atoms with van der Waals surface area (Å²) in [6.07, 6.45) is -4.21. The van der Waals surface area contributed by atoms with Crippen molar-refractivity contribution >= 4 is 11.3 Å². The maximum absolute atomic E-state index is 12.9. The second kappa shape index (κ2) is 5.77. The minimum Gasteiger partial charge on any atom is -0.480 e. The first-order valence-corrected chi connectivity index (χ1v) is 7.22. The van der Waals surface area contributed by atoms with E-state index in [0.29, 0.717) is 28.4 Å². The maximum Gasteiger partial charge on any atom is 0.416 e. The van der Waals surface area contributed by atoms with Crippen molar-refractivity contribution in [2.24, 2.45) is 0 Å². The van der Waals surface area contributed by atoms with Gasteiger partial charge in [-0.15, -0.1) is 0 Å². The van der Waals surface area contributed by atoms with Gasteiger partial charge in [0, 0.05) is 6.42 Å². The predicted molar refractivity (Wildman–Crippen MR) is 82.0 cm³/mol. The Bertz CT molecular complexity index is 902. The average molecular weight is 336 g/mol. The molecule has 1 N–H and O–H groups in total. The van der Waals surface area contributed by atoms with Crippen LogP contribution in [0, 0.1) is 13.8 Å². The van der Waals surface area contributed by atoms with Gasteiger partial charge in [0.1, 0.15) is 11.5 Å². The van der Waals surface area contributed by atoms with Crippen LogP contribution in [0.1, 0.15) is 28.2 Å². The fourth-order valence-electron chi connectivity index (χ4n) is 2.46. The molecule has 126 valence electrons. The summed E-state index contributed by atoms with van der Waals surface area (Å²) in [6, 6.07) is 3.67. The maximum atomic E-state index is 12.9. The van der Waals surface area contributed by atoms with Crippen LogP contribution in [0.4, 0.5) is 13.2 Å². The van der Waals surface area contributed by atoms with Crippen LogP contribution in [-0.2, 0) is 12.6 Å². The summed E-state index contributed by atoms with van der Waals surface area (Å²) in [5.74, 6) is 0.908. The van der Waals surface area contributed by atoms with E-state index in [0.717, 1.165) is 17.7 Å². The molecule has 24 heavy (non-hydrogen) atoms. The van der Waals surface area contributed by atoms with Crippen LogP contribution in [0.15, 0.2) is 18.2 Å². The van der Waals surface area contributed by atoms with E-state index in [1.807, 2.05) is 0 Å². The molecule has 0 aliphatic rings. The molecule has 0 amide bonds. The summed E-state index contributed by atoms with van der Waals surface area (Å²) >= 11 is 0. The zero-order valence-corrected chi connectivity index (χ0v) is 13.3. The molecule has 1 aromatic carbocycles. The molecule has 2 aromatic heterocycles. The van der Waals surface area contributed by atoms with Crippen LogP contribution in [0.5, 0.6) is 5.88 Å². The van der Waals surface area contributed by atoms with Crippen LogP contribution in [0.3, 0.4) is 0 Å². The van der Waals surface area contributed by atoms with Crippen molar-refractivity contribution in [3.05, 3.63) is 46.4 Å². The normalized spacial score (nSPS) is 11.9. The van der Waals surface area contributed by atoms with Crippen molar-refractivity contribution in [1.82, 2.24) is 19.9 Å². The summed E-state index contributed by atoms with van der Waals surface area (Å²) in [5.41, 5.74) is 1.92. The van der Waals surface area contributed by atoms with E-state index in [-0.39, 0.29) is 12.3 Å². The predicted octanol–water partition coefficient (Wildman–Crippen LogP) is 3.59. The molecule has 5 nitrogen and oxygen atoms in total. The third-order valence-electron chi connectivity index (χ3n) is 3.71. The van der Waals surface area contributed by atoms with E-state index in [1.165, 1.54) is 13.2 Å². The zero-order chi connectivity index (χ0) is 17.5. The van der Waals surface area contributed by atoms with Gasteiger partial charge in [-0.1, -0.05) is 6.07 Å². The topological polar surface area (TPSA) is 63.7 Å². The van der Waals surface area contributed by atoms with Gasteiger partial charge in [-0.25, -0.2) is 9.97 Å². The van der Waals surface area contributed by atoms with Crippen molar-refractivity contribution in [1.29, 1.82) is 0 Å². The number of nitrogens with zero attached hydrogens (tertiary/aromatic N) is 3. The highest BCUT2D eigenvalue weighted by Crippen LogP contribution is 2.31. The summed E-state index contributed by atoms with van der Waals surface area (Å²) in [4.78, 5) is 15.8. The third-order valence-corrected chi connectivity index (χ3v) is 3.71. The van der Waals surface area contributed by atoms with Crippen LogP contribution in [0.25, 0.3) is 11.3 Å². The number of nitrogens with one attached hydrogen (secondary N) is 1. The number of imidazole rings is 1. The molecular weight excluding hydrogens is 321 g/mol. The molecule has 0 saturated carbocycles. The molecule has 0 aliphatic heterocycles. The Balaban J connectivity index is 2.06. The summed E-state index contributed by atoms with van der Waals surface area (Å²) in [7, 11) is 1.44. The molecular formula is C16H15F3N4O. The number of hydrogen-bond donors (Lipinski definition) is 1. The molecule has 0 saturated heterocycles. The monoisotopic (exact) mass is 336 g/mol. The first-order chi connectivity index (χ1) is 11.3. The Hall–Kier alpha value is -2.64. The highest BCUT2D eigenvalue weighted by atomic mass is 19.4. The zero-order valence-electron chi connectivity index (χ0n) is 13.3. The molecule has 3 aromatic rings. The molecule has 3 rings (SSSR count). The van der Waals surface area contributed by atoms with Gasteiger partial charge in [0.25, 0.3) is 0 Å². The lowest BCUT2D eigenvalue weighted by Gasteiger charge is -2.12. The fraction of sp³-hybridized carbons (Fsp3) is 0.312. The summed E-state index contributed by atoms with van der Waals surface area (Å²) < 4.78 is 44.0. The molecule has 0 radical (unpaired) electrons. The Morgan fingerprint density at radius 3 is 2.54 bits per heavy atom. The lowest BCUT2D eigenvalue weighted by molar-refractivity contribution is -0.137. The molecule has 0 aliphatic carbocycles. The molecule has 2 heterocycles. The van der Waals surface area contributed by atoms with Gasteiger partial charge in [0.05, 0.1) is 12.7 Å². The minimum absolute atomic E-state index is 0.180. The quantitative estimate of drug-likeness (QED) is 0.794. The summed E-state index contributed by atoms with van der Waals surface area (Å²) in [5, 5.41) is 0. The standard InChI is InChI=1S/C16H15F3N4O/c1-8-4-5-11(16(17,18)19)6-10(8)7-12-15(24-3)23-14-13(22-12)20-9(2)21-14/h4-6H,7H2,1-3H3,(H,20,21,22,23). The number of hydrogen-bond acceptors (Lipinski definition) is 4. The van der Waals surface area contributed by atoms with Crippen molar-refractivity contribution in [3.63, 3.8) is 0 Å². The first kappa shape index (κ1) is 16.2. The molecule has 0 atom stereocenters. The molecule has 0 unspecified atom stereocenters. The Morgan fingerprint density at radius 2 is 1.88 bits per heavy atom. The molecule has 0 fully saturated rings. The van der Waals surface area contributed by atoms with E-state index >= 15 is 0 Å². The number of H-pyrrole nitrogens is 1. The Morgan fingerprint density at radius 1 is 1.12 bits per heavy atom. The minimum atomic E-state index is -4.39. The number of ether oxygens (including phenoxy) is 1. The number of benzene rings is 1. The number of methoxy groups -OCH3 is 1. The molecule has 8 heteroatoms. The van der Waals surface area contributed by atoms with Crippen LogP contribution in [0.2, 0.25) is 0 Å². The van der Waals surface area contributed by atoms with E-state index in [4.69, 9.17) is 4.74 Å². The van der Waals surface area contributed by atoms with Crippen molar-refractivity contribution < 1.29 is 17.9 Å². The number of rotatable bonds is 3.